The fourth-order valence-corrected chi connectivity index (χ4v) is 3.58. The van der Waals surface area contributed by atoms with Crippen LogP contribution in [0.1, 0.15) is 24.0 Å². The topological polar surface area (TPSA) is 74.5 Å². The highest BCUT2D eigenvalue weighted by molar-refractivity contribution is 5.81. The molecule has 6 heteroatoms. The van der Waals surface area contributed by atoms with Gasteiger partial charge in [0.15, 0.2) is 0 Å². The minimum atomic E-state index is 0.0922. The summed E-state index contributed by atoms with van der Waals surface area (Å²) in [5.74, 6) is 0.804. The molecule has 1 saturated heterocycles. The van der Waals surface area contributed by atoms with E-state index in [4.69, 9.17) is 5.73 Å². The van der Waals surface area contributed by atoms with Crippen molar-refractivity contribution in [2.75, 3.05) is 37.7 Å². The summed E-state index contributed by atoms with van der Waals surface area (Å²) in [4.78, 5) is 21.2. The lowest BCUT2D eigenvalue weighted by molar-refractivity contribution is -0.130. The van der Waals surface area contributed by atoms with Crippen molar-refractivity contribution in [2.45, 2.75) is 32.4 Å². The van der Waals surface area contributed by atoms with Gasteiger partial charge in [-0.25, -0.2) is 4.98 Å². The number of benzene rings is 1. The predicted octanol–water partition coefficient (Wildman–Crippen LogP) is 2.51. The maximum Gasteiger partial charge on any atom is 0.241 e. The van der Waals surface area contributed by atoms with Crippen LogP contribution in [0.5, 0.6) is 0 Å². The van der Waals surface area contributed by atoms with E-state index < -0.39 is 0 Å². The number of aromatic nitrogens is 1. The smallest absolute Gasteiger partial charge is 0.241 e. The number of hydrogen-bond donors (Lipinski definition) is 2. The third kappa shape index (κ3) is 5.20. The van der Waals surface area contributed by atoms with E-state index in [2.05, 4.69) is 39.5 Å². The molecule has 0 unspecified atom stereocenters. The number of carbonyl (C=O) groups is 1. The Morgan fingerprint density at radius 3 is 2.67 bits per heavy atom. The van der Waals surface area contributed by atoms with Crippen LogP contribution in [-0.2, 0) is 11.3 Å². The van der Waals surface area contributed by atoms with Crippen molar-refractivity contribution in [3.8, 4) is 0 Å². The van der Waals surface area contributed by atoms with Crippen LogP contribution in [0.25, 0.3) is 0 Å². The summed E-state index contributed by atoms with van der Waals surface area (Å²) in [6.45, 7) is 5.20. The number of anilines is 2. The zero-order valence-corrected chi connectivity index (χ0v) is 16.2. The van der Waals surface area contributed by atoms with E-state index in [-0.39, 0.29) is 12.5 Å². The molecular formula is C21H29N5O. The van der Waals surface area contributed by atoms with Gasteiger partial charge in [-0.2, -0.15) is 0 Å². The first-order valence-electron chi connectivity index (χ1n) is 9.51. The van der Waals surface area contributed by atoms with Gasteiger partial charge in [-0.05, 0) is 37.0 Å². The van der Waals surface area contributed by atoms with Gasteiger partial charge in [0.2, 0.25) is 5.91 Å². The Bertz CT molecular complexity index is 756. The van der Waals surface area contributed by atoms with Crippen LogP contribution >= 0.6 is 0 Å². The highest BCUT2D eigenvalue weighted by Crippen LogP contribution is 2.18. The largest absolute Gasteiger partial charge is 0.397 e. The maximum absolute atomic E-state index is 12.6. The summed E-state index contributed by atoms with van der Waals surface area (Å²) in [5, 5.41) is 3.13. The van der Waals surface area contributed by atoms with Crippen LogP contribution in [0.3, 0.4) is 0 Å². The molecule has 3 N–H and O–H groups in total. The zero-order chi connectivity index (χ0) is 19.2. The van der Waals surface area contributed by atoms with Crippen molar-refractivity contribution in [2.24, 2.45) is 0 Å². The van der Waals surface area contributed by atoms with Crippen molar-refractivity contribution in [3.05, 3.63) is 53.7 Å². The Morgan fingerprint density at radius 2 is 2.00 bits per heavy atom. The molecule has 1 aromatic heterocycles. The second kappa shape index (κ2) is 8.86. The molecule has 1 aliphatic heterocycles. The van der Waals surface area contributed by atoms with Crippen molar-refractivity contribution >= 4 is 17.4 Å². The van der Waals surface area contributed by atoms with Crippen LogP contribution < -0.4 is 11.1 Å². The number of nitrogens with zero attached hydrogens (tertiary/aromatic N) is 3. The minimum Gasteiger partial charge on any atom is -0.397 e. The Morgan fingerprint density at radius 1 is 1.30 bits per heavy atom. The van der Waals surface area contributed by atoms with Crippen LogP contribution in [0.4, 0.5) is 11.5 Å². The quantitative estimate of drug-likeness (QED) is 0.821. The molecule has 0 bridgehead atoms. The highest BCUT2D eigenvalue weighted by atomic mass is 16.2. The molecule has 1 amide bonds. The number of carbonyl (C=O) groups excluding carboxylic acids is 1. The lowest BCUT2D eigenvalue weighted by atomic mass is 10.0. The number of pyridine rings is 1. The minimum absolute atomic E-state index is 0.0922. The van der Waals surface area contributed by atoms with E-state index in [0.29, 0.717) is 17.5 Å². The second-order valence-corrected chi connectivity index (χ2v) is 7.29. The fourth-order valence-electron chi connectivity index (χ4n) is 3.58. The summed E-state index contributed by atoms with van der Waals surface area (Å²) in [5.41, 5.74) is 8.64. The highest BCUT2D eigenvalue weighted by Gasteiger charge is 2.25. The Labute approximate surface area is 161 Å². The summed E-state index contributed by atoms with van der Waals surface area (Å²) in [6.07, 6.45) is 3.62. The van der Waals surface area contributed by atoms with Crippen molar-refractivity contribution < 1.29 is 4.79 Å². The molecule has 0 radical (unpaired) electrons. The molecule has 0 saturated carbocycles. The standard InChI is InChI=1S/C21H29N5O/c1-16-12-18(22)13-23-21(16)24-14-20(27)25(2)19-8-10-26(11-9-19)15-17-6-4-3-5-7-17/h3-7,12-13,19H,8-11,14-15,22H2,1-2H3,(H,23,24). The average Bonchev–Trinajstić information content (AvgIpc) is 2.68. The first-order chi connectivity index (χ1) is 13.0. The summed E-state index contributed by atoms with van der Waals surface area (Å²) >= 11 is 0. The Hall–Kier alpha value is -2.60. The number of piperidine rings is 1. The lowest BCUT2D eigenvalue weighted by Gasteiger charge is -2.36. The van der Waals surface area contributed by atoms with Gasteiger partial charge in [-0.3, -0.25) is 9.69 Å². The summed E-state index contributed by atoms with van der Waals surface area (Å²) < 4.78 is 0. The normalized spacial score (nSPS) is 15.5. The van der Waals surface area contributed by atoms with Crippen molar-refractivity contribution in [1.29, 1.82) is 0 Å². The van der Waals surface area contributed by atoms with Gasteiger partial charge in [-0.15, -0.1) is 0 Å². The van der Waals surface area contributed by atoms with Gasteiger partial charge >= 0.3 is 0 Å². The number of nitrogens with two attached hydrogens (primary N) is 1. The molecule has 1 aromatic carbocycles. The van der Waals surface area contributed by atoms with Crippen LogP contribution in [-0.4, -0.2) is 53.4 Å². The van der Waals surface area contributed by atoms with E-state index in [1.165, 1.54) is 5.56 Å². The third-order valence-electron chi connectivity index (χ3n) is 5.25. The molecule has 0 spiro atoms. The monoisotopic (exact) mass is 367 g/mol. The van der Waals surface area contributed by atoms with Crippen molar-refractivity contribution in [1.82, 2.24) is 14.8 Å². The summed E-state index contributed by atoms with van der Waals surface area (Å²) in [7, 11) is 1.91. The average molecular weight is 367 g/mol. The molecule has 144 valence electrons. The van der Waals surface area contributed by atoms with Crippen LogP contribution in [0.15, 0.2) is 42.6 Å². The number of rotatable bonds is 6. The maximum atomic E-state index is 12.6. The number of aryl methyl sites for hydroxylation is 1. The van der Waals surface area contributed by atoms with E-state index in [1.807, 2.05) is 31.0 Å². The number of amides is 1. The van der Waals surface area contributed by atoms with Gasteiger partial charge in [0.25, 0.3) is 0 Å². The lowest BCUT2D eigenvalue weighted by Crippen LogP contribution is -2.46. The predicted molar refractivity (Wildman–Crippen MR) is 109 cm³/mol. The molecule has 6 nitrogen and oxygen atoms in total. The van der Waals surface area contributed by atoms with E-state index >= 15 is 0 Å². The number of likely N-dealkylation sites (tertiary alicyclic amines) is 1. The van der Waals surface area contributed by atoms with Gasteiger partial charge in [0.05, 0.1) is 18.4 Å². The molecule has 0 atom stereocenters. The molecule has 27 heavy (non-hydrogen) atoms. The van der Waals surface area contributed by atoms with E-state index in [0.717, 1.165) is 38.0 Å². The number of nitrogens with one attached hydrogen (secondary N) is 1. The molecule has 2 aromatic rings. The number of hydrogen-bond acceptors (Lipinski definition) is 5. The van der Waals surface area contributed by atoms with Gasteiger partial charge in [0.1, 0.15) is 5.82 Å². The van der Waals surface area contributed by atoms with Gasteiger partial charge < -0.3 is 16.0 Å². The Kier molecular flexibility index (Phi) is 6.29. The molecule has 3 rings (SSSR count). The molecule has 1 fully saturated rings. The van der Waals surface area contributed by atoms with Crippen LogP contribution in [0.2, 0.25) is 0 Å². The second-order valence-electron chi connectivity index (χ2n) is 7.29. The first kappa shape index (κ1) is 19.2. The molecule has 1 aliphatic rings. The first-order valence-corrected chi connectivity index (χ1v) is 9.51. The number of nitrogen functional groups attached to an aromatic ring is 1. The van der Waals surface area contributed by atoms with E-state index in [1.54, 1.807) is 6.20 Å². The molecule has 0 aliphatic carbocycles. The fraction of sp³-hybridized carbons (Fsp3) is 0.429. The van der Waals surface area contributed by atoms with Crippen LogP contribution in [0, 0.1) is 6.92 Å². The SMILES string of the molecule is Cc1cc(N)cnc1NCC(=O)N(C)C1CCN(Cc2ccccc2)CC1. The summed E-state index contributed by atoms with van der Waals surface area (Å²) in [6, 6.07) is 12.7. The van der Waals surface area contributed by atoms with Gasteiger partial charge in [0, 0.05) is 32.7 Å². The molecular weight excluding hydrogens is 338 g/mol. The molecule has 2 heterocycles. The van der Waals surface area contributed by atoms with Gasteiger partial charge in [-0.1, -0.05) is 30.3 Å². The number of likely N-dealkylation sites (N-methyl/N-ethyl adjacent to an activating group) is 1. The third-order valence-corrected chi connectivity index (χ3v) is 5.25. The Balaban J connectivity index is 1.45. The zero-order valence-electron chi connectivity index (χ0n) is 16.2. The van der Waals surface area contributed by atoms with E-state index in [9.17, 15) is 4.79 Å². The van der Waals surface area contributed by atoms with Crippen molar-refractivity contribution in [3.63, 3.8) is 0 Å².